The Hall–Kier alpha value is -2.66. The summed E-state index contributed by atoms with van der Waals surface area (Å²) >= 11 is 1.52. The van der Waals surface area contributed by atoms with Gasteiger partial charge in [0.15, 0.2) is 0 Å². The molecule has 116 valence electrons. The van der Waals surface area contributed by atoms with Gasteiger partial charge in [0.05, 0.1) is 16.8 Å². The summed E-state index contributed by atoms with van der Waals surface area (Å²) in [6.45, 7) is 0.635. The molecule has 0 spiro atoms. The monoisotopic (exact) mass is 325 g/mol. The van der Waals surface area contributed by atoms with E-state index in [0.717, 1.165) is 11.3 Å². The van der Waals surface area contributed by atoms with Gasteiger partial charge in [-0.2, -0.15) is 0 Å². The van der Waals surface area contributed by atoms with E-state index in [0.29, 0.717) is 17.9 Å². The lowest BCUT2D eigenvalue weighted by atomic mass is 10.2. The Bertz CT molecular complexity index is 757. The highest BCUT2D eigenvalue weighted by atomic mass is 32.1. The van der Waals surface area contributed by atoms with E-state index in [1.807, 2.05) is 35.7 Å². The summed E-state index contributed by atoms with van der Waals surface area (Å²) in [5, 5.41) is 1.93. The Morgan fingerprint density at radius 2 is 1.91 bits per heavy atom. The molecule has 23 heavy (non-hydrogen) atoms. The van der Waals surface area contributed by atoms with Crippen molar-refractivity contribution in [3.05, 3.63) is 82.3 Å². The smallest absolute Gasteiger partial charge is 0.338 e. The molecule has 3 aromatic rings. The first-order chi connectivity index (χ1) is 11.3. The predicted molar refractivity (Wildman–Crippen MR) is 88.4 cm³/mol. The molecular weight excluding hydrogens is 310 g/mol. The lowest BCUT2D eigenvalue weighted by Crippen LogP contribution is -2.05. The second-order valence-electron chi connectivity index (χ2n) is 4.86. The van der Waals surface area contributed by atoms with Gasteiger partial charge in [0.1, 0.15) is 19.0 Å². The Balaban J connectivity index is 1.58. The van der Waals surface area contributed by atoms with Crippen molar-refractivity contribution < 1.29 is 14.3 Å². The van der Waals surface area contributed by atoms with Gasteiger partial charge in [-0.25, -0.2) is 9.78 Å². The SMILES string of the molecule is O=C(OCc1ccccc1)c1cccc(OCc2cscn2)c1. The molecule has 5 heteroatoms. The highest BCUT2D eigenvalue weighted by Gasteiger charge is 2.09. The average molecular weight is 325 g/mol. The van der Waals surface area contributed by atoms with Crippen LogP contribution in [-0.2, 0) is 18.0 Å². The van der Waals surface area contributed by atoms with Crippen LogP contribution in [0.1, 0.15) is 21.6 Å². The quantitative estimate of drug-likeness (QED) is 0.641. The van der Waals surface area contributed by atoms with Gasteiger partial charge < -0.3 is 9.47 Å². The standard InChI is InChI=1S/C18H15NO3S/c20-18(22-10-14-5-2-1-3-6-14)15-7-4-8-17(9-15)21-11-16-12-23-13-19-16/h1-9,12-13H,10-11H2. The van der Waals surface area contributed by atoms with Crippen LogP contribution in [0.5, 0.6) is 5.75 Å². The van der Waals surface area contributed by atoms with Crippen LogP contribution in [0.4, 0.5) is 0 Å². The molecule has 1 heterocycles. The minimum Gasteiger partial charge on any atom is -0.487 e. The zero-order valence-corrected chi connectivity index (χ0v) is 13.2. The number of thiazole rings is 1. The van der Waals surface area contributed by atoms with Crippen molar-refractivity contribution in [2.24, 2.45) is 0 Å². The van der Waals surface area contributed by atoms with Crippen molar-refractivity contribution in [3.8, 4) is 5.75 Å². The van der Waals surface area contributed by atoms with E-state index in [9.17, 15) is 4.79 Å². The number of rotatable bonds is 6. The summed E-state index contributed by atoms with van der Waals surface area (Å²) in [5.74, 6) is 0.250. The molecule has 0 aliphatic carbocycles. The fourth-order valence-electron chi connectivity index (χ4n) is 1.99. The number of esters is 1. The maximum atomic E-state index is 12.1. The van der Waals surface area contributed by atoms with Crippen LogP contribution in [0.3, 0.4) is 0 Å². The first-order valence-electron chi connectivity index (χ1n) is 7.12. The molecule has 0 fully saturated rings. The van der Waals surface area contributed by atoms with E-state index in [4.69, 9.17) is 9.47 Å². The number of ether oxygens (including phenoxy) is 2. The number of hydrogen-bond donors (Lipinski definition) is 0. The Labute approximate surface area is 138 Å². The molecule has 0 aliphatic heterocycles. The second-order valence-corrected chi connectivity index (χ2v) is 5.58. The van der Waals surface area contributed by atoms with Gasteiger partial charge in [-0.15, -0.1) is 11.3 Å². The van der Waals surface area contributed by atoms with Crippen molar-refractivity contribution >= 4 is 17.3 Å². The largest absolute Gasteiger partial charge is 0.487 e. The average Bonchev–Trinajstić information content (AvgIpc) is 3.12. The van der Waals surface area contributed by atoms with Crippen LogP contribution < -0.4 is 4.74 Å². The predicted octanol–water partition coefficient (Wildman–Crippen LogP) is 4.08. The number of hydrogen-bond acceptors (Lipinski definition) is 5. The summed E-state index contributed by atoms with van der Waals surface area (Å²) in [6, 6.07) is 16.6. The van der Waals surface area contributed by atoms with E-state index in [1.165, 1.54) is 11.3 Å². The lowest BCUT2D eigenvalue weighted by molar-refractivity contribution is 0.0472. The van der Waals surface area contributed by atoms with Crippen LogP contribution >= 0.6 is 11.3 Å². The van der Waals surface area contributed by atoms with Gasteiger partial charge in [-0.1, -0.05) is 36.4 Å². The number of benzene rings is 2. The lowest BCUT2D eigenvalue weighted by Gasteiger charge is -2.08. The molecular formula is C18H15NO3S. The molecule has 1 aromatic heterocycles. The maximum Gasteiger partial charge on any atom is 0.338 e. The zero-order valence-electron chi connectivity index (χ0n) is 12.3. The molecule has 0 unspecified atom stereocenters. The number of nitrogens with zero attached hydrogens (tertiary/aromatic N) is 1. The van der Waals surface area contributed by atoms with Crippen molar-refractivity contribution in [2.45, 2.75) is 13.2 Å². The van der Waals surface area contributed by atoms with Crippen molar-refractivity contribution in [3.63, 3.8) is 0 Å². The molecule has 0 radical (unpaired) electrons. The van der Waals surface area contributed by atoms with E-state index >= 15 is 0 Å². The number of aromatic nitrogens is 1. The summed E-state index contributed by atoms with van der Waals surface area (Å²) < 4.78 is 11.0. The van der Waals surface area contributed by atoms with Crippen LogP contribution in [0.2, 0.25) is 0 Å². The van der Waals surface area contributed by atoms with Gasteiger partial charge in [-0.05, 0) is 23.8 Å². The third kappa shape index (κ3) is 4.40. The molecule has 4 nitrogen and oxygen atoms in total. The molecule has 0 saturated heterocycles. The molecule has 0 amide bonds. The molecule has 0 N–H and O–H groups in total. The maximum absolute atomic E-state index is 12.1. The van der Waals surface area contributed by atoms with Gasteiger partial charge >= 0.3 is 5.97 Å². The van der Waals surface area contributed by atoms with Gasteiger partial charge in [0.25, 0.3) is 0 Å². The third-order valence-electron chi connectivity index (χ3n) is 3.15. The van der Waals surface area contributed by atoms with Crippen molar-refractivity contribution in [1.29, 1.82) is 0 Å². The normalized spacial score (nSPS) is 10.3. The van der Waals surface area contributed by atoms with Gasteiger partial charge in [-0.3, -0.25) is 0 Å². The highest BCUT2D eigenvalue weighted by Crippen LogP contribution is 2.16. The van der Waals surface area contributed by atoms with Crippen molar-refractivity contribution in [1.82, 2.24) is 4.98 Å². The summed E-state index contributed by atoms with van der Waals surface area (Å²) in [7, 11) is 0. The summed E-state index contributed by atoms with van der Waals surface area (Å²) in [5.41, 5.74) is 4.05. The summed E-state index contributed by atoms with van der Waals surface area (Å²) in [6.07, 6.45) is 0. The fraction of sp³-hybridized carbons (Fsp3) is 0.111. The molecule has 0 saturated carbocycles. The van der Waals surface area contributed by atoms with Crippen molar-refractivity contribution in [2.75, 3.05) is 0 Å². The van der Waals surface area contributed by atoms with E-state index in [2.05, 4.69) is 4.98 Å². The Kier molecular flexibility index (Phi) is 5.01. The molecule has 0 bridgehead atoms. The van der Waals surface area contributed by atoms with Gasteiger partial charge in [0, 0.05) is 5.38 Å². The number of carbonyl (C=O) groups is 1. The van der Waals surface area contributed by atoms with E-state index in [-0.39, 0.29) is 12.6 Å². The minimum atomic E-state index is -0.368. The van der Waals surface area contributed by atoms with Gasteiger partial charge in [0.2, 0.25) is 0 Å². The highest BCUT2D eigenvalue weighted by molar-refractivity contribution is 7.07. The molecule has 2 aromatic carbocycles. The first-order valence-corrected chi connectivity index (χ1v) is 8.06. The van der Waals surface area contributed by atoms with E-state index in [1.54, 1.807) is 29.8 Å². The third-order valence-corrected chi connectivity index (χ3v) is 3.79. The Morgan fingerprint density at radius 1 is 1.04 bits per heavy atom. The van der Waals surface area contributed by atoms with Crippen LogP contribution in [-0.4, -0.2) is 11.0 Å². The molecule has 3 rings (SSSR count). The Morgan fingerprint density at radius 3 is 2.70 bits per heavy atom. The molecule has 0 aliphatic rings. The molecule has 0 atom stereocenters. The van der Waals surface area contributed by atoms with Crippen LogP contribution in [0, 0.1) is 0 Å². The van der Waals surface area contributed by atoms with Crippen LogP contribution in [0.25, 0.3) is 0 Å². The topological polar surface area (TPSA) is 48.4 Å². The fourth-order valence-corrected chi connectivity index (χ4v) is 2.53. The zero-order chi connectivity index (χ0) is 15.9. The van der Waals surface area contributed by atoms with E-state index < -0.39 is 0 Å². The summed E-state index contributed by atoms with van der Waals surface area (Å²) in [4.78, 5) is 16.3. The first kappa shape index (κ1) is 15.2. The minimum absolute atomic E-state index is 0.254. The van der Waals surface area contributed by atoms with Crippen LogP contribution in [0.15, 0.2) is 65.5 Å². The number of carbonyl (C=O) groups excluding carboxylic acids is 1. The second kappa shape index (κ2) is 7.56.